The first-order chi connectivity index (χ1) is 15.0. The lowest BCUT2D eigenvalue weighted by atomic mass is 9.81. The molecule has 5 nitrogen and oxygen atoms in total. The van der Waals surface area contributed by atoms with Crippen LogP contribution in [-0.4, -0.2) is 31.9 Å². The van der Waals surface area contributed by atoms with Gasteiger partial charge in [0.25, 0.3) is 0 Å². The lowest BCUT2D eigenvalue weighted by molar-refractivity contribution is -0.162. The van der Waals surface area contributed by atoms with Crippen LogP contribution in [-0.2, 0) is 23.9 Å². The third kappa shape index (κ3) is 3.92. The number of carbonyl (C=O) groups excluding carboxylic acids is 3. The van der Waals surface area contributed by atoms with Crippen molar-refractivity contribution in [1.29, 1.82) is 0 Å². The minimum atomic E-state index is -1.06. The number of hydrogen-bond acceptors (Lipinski definition) is 5. The Kier molecular flexibility index (Phi) is 6.03. The van der Waals surface area contributed by atoms with Crippen LogP contribution in [0.1, 0.15) is 30.4 Å². The molecule has 31 heavy (non-hydrogen) atoms. The number of allylic oxidation sites excluding steroid dienone is 1. The Morgan fingerprint density at radius 3 is 1.81 bits per heavy atom. The minimum absolute atomic E-state index is 0.0758. The zero-order valence-electron chi connectivity index (χ0n) is 17.7. The summed E-state index contributed by atoms with van der Waals surface area (Å²) < 4.78 is 9.76. The molecule has 3 unspecified atom stereocenters. The molecule has 0 radical (unpaired) electrons. The molecule has 0 amide bonds. The monoisotopic (exact) mass is 418 g/mol. The summed E-state index contributed by atoms with van der Waals surface area (Å²) >= 11 is 0. The lowest BCUT2D eigenvalue weighted by Crippen LogP contribution is -2.35. The molecular weight excluding hydrogens is 392 g/mol. The largest absolute Gasteiger partial charge is 0.468 e. The number of benzene rings is 2. The molecule has 160 valence electrons. The third-order valence-electron chi connectivity index (χ3n) is 6.68. The van der Waals surface area contributed by atoms with Gasteiger partial charge < -0.3 is 9.47 Å². The van der Waals surface area contributed by atoms with Gasteiger partial charge in [-0.1, -0.05) is 66.2 Å². The molecule has 2 aliphatic rings. The lowest BCUT2D eigenvalue weighted by Gasteiger charge is -2.23. The summed E-state index contributed by atoms with van der Waals surface area (Å²) in [5.74, 6) is -2.87. The van der Waals surface area contributed by atoms with Crippen molar-refractivity contribution in [3.8, 4) is 0 Å². The molecule has 0 heterocycles. The molecule has 0 aromatic heterocycles. The minimum Gasteiger partial charge on any atom is -0.468 e. The van der Waals surface area contributed by atoms with Gasteiger partial charge in [0.15, 0.2) is 5.92 Å². The predicted octanol–water partition coefficient (Wildman–Crippen LogP) is 4.07. The Labute approximate surface area is 182 Å². The van der Waals surface area contributed by atoms with E-state index in [2.05, 4.69) is 24.3 Å². The van der Waals surface area contributed by atoms with E-state index in [9.17, 15) is 14.4 Å². The Bertz CT molecular complexity index is 951. The average molecular weight is 418 g/mol. The van der Waals surface area contributed by atoms with E-state index in [1.54, 1.807) is 0 Å². The molecule has 2 aromatic carbocycles. The highest BCUT2D eigenvalue weighted by molar-refractivity contribution is 5.97. The SMILES string of the molecule is COC(=O)C(C(=O)OC)C1CC(=O)C2CC(=C(c3ccccc3)c3ccccc3)CC21. The smallest absolute Gasteiger partial charge is 0.320 e. The molecule has 3 atom stereocenters. The number of hydrogen-bond donors (Lipinski definition) is 0. The van der Waals surface area contributed by atoms with E-state index in [-0.39, 0.29) is 24.0 Å². The van der Waals surface area contributed by atoms with Crippen LogP contribution in [0, 0.1) is 23.7 Å². The number of rotatable bonds is 5. The summed E-state index contributed by atoms with van der Waals surface area (Å²) in [5, 5.41) is 0. The van der Waals surface area contributed by atoms with E-state index >= 15 is 0 Å². The van der Waals surface area contributed by atoms with Gasteiger partial charge in [0.2, 0.25) is 0 Å². The van der Waals surface area contributed by atoms with Crippen molar-refractivity contribution in [2.45, 2.75) is 19.3 Å². The summed E-state index contributed by atoms with van der Waals surface area (Å²) in [6.45, 7) is 0. The maximum Gasteiger partial charge on any atom is 0.320 e. The van der Waals surface area contributed by atoms with Gasteiger partial charge in [0.1, 0.15) is 5.78 Å². The number of Topliss-reactive ketones (excluding diaryl/α,β-unsaturated/α-hetero) is 1. The number of carbonyl (C=O) groups is 3. The molecule has 2 saturated carbocycles. The second-order valence-electron chi connectivity index (χ2n) is 8.25. The van der Waals surface area contributed by atoms with E-state index < -0.39 is 23.8 Å². The molecule has 2 aromatic rings. The topological polar surface area (TPSA) is 69.7 Å². The van der Waals surface area contributed by atoms with Crippen LogP contribution >= 0.6 is 0 Å². The van der Waals surface area contributed by atoms with E-state index in [1.165, 1.54) is 19.8 Å². The van der Waals surface area contributed by atoms with Gasteiger partial charge in [-0.15, -0.1) is 0 Å². The molecule has 4 rings (SSSR count). The maximum atomic E-state index is 12.9. The zero-order chi connectivity index (χ0) is 22.0. The summed E-state index contributed by atoms with van der Waals surface area (Å²) in [6.07, 6.45) is 1.53. The normalized spacial score (nSPS) is 22.4. The zero-order valence-corrected chi connectivity index (χ0v) is 17.7. The summed E-state index contributed by atoms with van der Waals surface area (Å²) in [6, 6.07) is 20.3. The van der Waals surface area contributed by atoms with E-state index in [4.69, 9.17) is 9.47 Å². The van der Waals surface area contributed by atoms with Gasteiger partial charge in [0.05, 0.1) is 14.2 Å². The fourth-order valence-corrected chi connectivity index (χ4v) is 5.32. The third-order valence-corrected chi connectivity index (χ3v) is 6.68. The van der Waals surface area contributed by atoms with Crippen LogP contribution < -0.4 is 0 Å². The average Bonchev–Trinajstić information content (AvgIpc) is 3.36. The second kappa shape index (κ2) is 8.88. The Morgan fingerprint density at radius 1 is 0.806 bits per heavy atom. The van der Waals surface area contributed by atoms with Crippen molar-refractivity contribution in [2.75, 3.05) is 14.2 Å². The van der Waals surface area contributed by atoms with Gasteiger partial charge in [0, 0.05) is 12.3 Å². The molecule has 0 aliphatic heterocycles. The predicted molar refractivity (Wildman–Crippen MR) is 116 cm³/mol. The van der Waals surface area contributed by atoms with Crippen LogP contribution in [0.15, 0.2) is 66.2 Å². The van der Waals surface area contributed by atoms with Gasteiger partial charge >= 0.3 is 11.9 Å². The van der Waals surface area contributed by atoms with Gasteiger partial charge in [-0.2, -0.15) is 0 Å². The van der Waals surface area contributed by atoms with Crippen LogP contribution in [0.25, 0.3) is 5.57 Å². The van der Waals surface area contributed by atoms with Crippen molar-refractivity contribution in [3.63, 3.8) is 0 Å². The first kappa shape index (κ1) is 21.0. The standard InChI is InChI=1S/C26H26O5/c1-30-25(28)24(26(29)31-2)21-15-22(27)20-14-18(13-19(20)21)23(16-9-5-3-6-10-16)17-11-7-4-8-12-17/h3-12,19-21,24H,13-15H2,1-2H3. The number of methoxy groups -OCH3 is 2. The Morgan fingerprint density at radius 2 is 1.32 bits per heavy atom. The molecule has 2 fully saturated rings. The molecule has 5 heteroatoms. The van der Waals surface area contributed by atoms with Crippen LogP contribution in [0.3, 0.4) is 0 Å². The maximum absolute atomic E-state index is 12.9. The Hall–Kier alpha value is -3.21. The van der Waals surface area contributed by atoms with E-state index in [0.29, 0.717) is 12.8 Å². The number of ether oxygens (including phenoxy) is 2. The summed E-state index contributed by atoms with van der Waals surface area (Å²) in [4.78, 5) is 37.7. The fourth-order valence-electron chi connectivity index (χ4n) is 5.32. The quantitative estimate of drug-likeness (QED) is 0.541. The molecule has 0 spiro atoms. The van der Waals surface area contributed by atoms with Crippen LogP contribution in [0.2, 0.25) is 0 Å². The number of fused-ring (bicyclic) bond motifs is 1. The fraction of sp³-hybridized carbons (Fsp3) is 0.346. The highest BCUT2D eigenvalue weighted by atomic mass is 16.5. The van der Waals surface area contributed by atoms with Gasteiger partial charge in [-0.05, 0) is 41.4 Å². The molecule has 0 saturated heterocycles. The first-order valence-electron chi connectivity index (χ1n) is 10.6. The molecular formula is C26H26O5. The van der Waals surface area contributed by atoms with Crippen LogP contribution in [0.4, 0.5) is 0 Å². The van der Waals surface area contributed by atoms with Gasteiger partial charge in [-0.3, -0.25) is 14.4 Å². The van der Waals surface area contributed by atoms with Crippen molar-refractivity contribution in [3.05, 3.63) is 77.4 Å². The second-order valence-corrected chi connectivity index (χ2v) is 8.25. The molecule has 0 N–H and O–H groups in total. The summed E-state index contributed by atoms with van der Waals surface area (Å²) in [7, 11) is 2.52. The van der Waals surface area contributed by atoms with Gasteiger partial charge in [-0.25, -0.2) is 0 Å². The van der Waals surface area contributed by atoms with Crippen molar-refractivity contribution in [2.24, 2.45) is 23.7 Å². The number of esters is 2. The first-order valence-corrected chi connectivity index (χ1v) is 10.6. The highest BCUT2D eigenvalue weighted by Crippen LogP contribution is 2.53. The highest BCUT2D eigenvalue weighted by Gasteiger charge is 2.53. The van der Waals surface area contributed by atoms with Crippen molar-refractivity contribution >= 4 is 23.3 Å². The van der Waals surface area contributed by atoms with Crippen molar-refractivity contribution < 1.29 is 23.9 Å². The Balaban J connectivity index is 1.76. The van der Waals surface area contributed by atoms with E-state index in [0.717, 1.165) is 16.7 Å². The molecule has 0 bridgehead atoms. The van der Waals surface area contributed by atoms with Crippen LogP contribution in [0.5, 0.6) is 0 Å². The van der Waals surface area contributed by atoms with Crippen molar-refractivity contribution in [1.82, 2.24) is 0 Å². The van der Waals surface area contributed by atoms with E-state index in [1.807, 2.05) is 36.4 Å². The summed E-state index contributed by atoms with van der Waals surface area (Å²) in [5.41, 5.74) is 4.53. The number of ketones is 1. The molecule has 2 aliphatic carbocycles.